The van der Waals surface area contributed by atoms with Gasteiger partial charge in [-0.25, -0.2) is 4.98 Å². The lowest BCUT2D eigenvalue weighted by atomic mass is 9.82. The summed E-state index contributed by atoms with van der Waals surface area (Å²) in [7, 11) is 0. The van der Waals surface area contributed by atoms with Gasteiger partial charge in [0, 0.05) is 36.7 Å². The van der Waals surface area contributed by atoms with Gasteiger partial charge in [-0.3, -0.25) is 9.59 Å². The molecule has 1 aliphatic rings. The van der Waals surface area contributed by atoms with Crippen molar-refractivity contribution in [1.82, 2.24) is 9.88 Å². The average Bonchev–Trinajstić information content (AvgIpc) is 2.31. The number of carbonyl (C=O) groups excluding carboxylic acids is 2. The van der Waals surface area contributed by atoms with Crippen molar-refractivity contribution in [3.63, 3.8) is 0 Å². The summed E-state index contributed by atoms with van der Waals surface area (Å²) >= 11 is 5.77. The van der Waals surface area contributed by atoms with Gasteiger partial charge in [0.1, 0.15) is 10.9 Å². The van der Waals surface area contributed by atoms with Gasteiger partial charge >= 0.3 is 0 Å². The van der Waals surface area contributed by atoms with Crippen molar-refractivity contribution in [2.24, 2.45) is 5.41 Å². The monoisotopic (exact) mass is 266 g/mol. The van der Waals surface area contributed by atoms with Crippen molar-refractivity contribution in [3.8, 4) is 0 Å². The highest BCUT2D eigenvalue weighted by Gasteiger charge is 2.36. The lowest BCUT2D eigenvalue weighted by molar-refractivity contribution is -0.130. The number of carbonyl (C=O) groups is 2. The number of halogens is 1. The Morgan fingerprint density at radius 2 is 2.22 bits per heavy atom. The van der Waals surface area contributed by atoms with E-state index in [2.05, 4.69) is 4.98 Å². The third-order valence-electron chi connectivity index (χ3n) is 3.21. The van der Waals surface area contributed by atoms with Crippen LogP contribution < -0.4 is 0 Å². The van der Waals surface area contributed by atoms with Gasteiger partial charge in [-0.15, -0.1) is 0 Å². The number of rotatable bonds is 1. The molecule has 1 aliphatic heterocycles. The molecule has 0 N–H and O–H groups in total. The van der Waals surface area contributed by atoms with Gasteiger partial charge in [-0.2, -0.15) is 0 Å². The summed E-state index contributed by atoms with van der Waals surface area (Å²) in [6, 6.07) is 3.19. The van der Waals surface area contributed by atoms with Gasteiger partial charge in [-0.05, 0) is 12.1 Å². The fraction of sp³-hybridized carbons (Fsp3) is 0.462. The largest absolute Gasteiger partial charge is 0.337 e. The summed E-state index contributed by atoms with van der Waals surface area (Å²) in [5, 5.41) is 0.299. The van der Waals surface area contributed by atoms with Gasteiger partial charge in [0.25, 0.3) is 5.91 Å². The summed E-state index contributed by atoms with van der Waals surface area (Å²) in [6.07, 6.45) is 1.92. The topological polar surface area (TPSA) is 50.3 Å². The standard InChI is InChI=1S/C13H15ClN2O2/c1-13(2)8-16(6-4-10(13)17)12(18)9-3-5-15-11(14)7-9/h3,5,7H,4,6,8H2,1-2H3. The number of nitrogens with zero attached hydrogens (tertiary/aromatic N) is 2. The first kappa shape index (κ1) is 13.0. The van der Waals surface area contributed by atoms with Crippen LogP contribution in [0, 0.1) is 5.41 Å². The fourth-order valence-corrected chi connectivity index (χ4v) is 2.28. The molecule has 0 saturated carbocycles. The molecular weight excluding hydrogens is 252 g/mol. The quantitative estimate of drug-likeness (QED) is 0.732. The number of piperidine rings is 1. The minimum absolute atomic E-state index is 0.0973. The van der Waals surface area contributed by atoms with Gasteiger partial charge in [-0.1, -0.05) is 25.4 Å². The van der Waals surface area contributed by atoms with E-state index in [0.717, 1.165) is 0 Å². The minimum Gasteiger partial charge on any atom is -0.337 e. The zero-order valence-corrected chi connectivity index (χ0v) is 11.2. The summed E-state index contributed by atoms with van der Waals surface area (Å²) in [5.74, 6) is 0.110. The predicted molar refractivity (Wildman–Crippen MR) is 68.6 cm³/mol. The number of aromatic nitrogens is 1. The maximum Gasteiger partial charge on any atom is 0.254 e. The van der Waals surface area contributed by atoms with Gasteiger partial charge in [0.05, 0.1) is 0 Å². The lowest BCUT2D eigenvalue weighted by Crippen LogP contribution is -2.48. The molecule has 1 aromatic rings. The second-order valence-corrected chi connectivity index (χ2v) is 5.54. The van der Waals surface area contributed by atoms with Crippen molar-refractivity contribution in [2.75, 3.05) is 13.1 Å². The molecule has 4 nitrogen and oxygen atoms in total. The van der Waals surface area contributed by atoms with Crippen molar-refractivity contribution in [2.45, 2.75) is 20.3 Å². The van der Waals surface area contributed by atoms with Crippen LogP contribution in [0.1, 0.15) is 30.6 Å². The van der Waals surface area contributed by atoms with E-state index in [1.807, 2.05) is 13.8 Å². The molecule has 2 rings (SSSR count). The Labute approximate surface area is 111 Å². The Morgan fingerprint density at radius 1 is 1.50 bits per heavy atom. The summed E-state index contributed by atoms with van der Waals surface area (Å²) in [6.45, 7) is 4.66. The van der Waals surface area contributed by atoms with Crippen LogP contribution >= 0.6 is 11.6 Å². The summed E-state index contributed by atoms with van der Waals surface area (Å²) in [4.78, 5) is 29.5. The maximum atomic E-state index is 12.3. The maximum absolute atomic E-state index is 12.3. The second-order valence-electron chi connectivity index (χ2n) is 5.15. The van der Waals surface area contributed by atoms with Gasteiger partial charge in [0.2, 0.25) is 0 Å². The highest BCUT2D eigenvalue weighted by molar-refractivity contribution is 6.29. The Balaban J connectivity index is 2.18. The fourth-order valence-electron chi connectivity index (χ4n) is 2.11. The summed E-state index contributed by atoms with van der Waals surface area (Å²) in [5.41, 5.74) is 0.0465. The molecule has 18 heavy (non-hydrogen) atoms. The highest BCUT2D eigenvalue weighted by Crippen LogP contribution is 2.26. The van der Waals surface area contributed by atoms with Gasteiger partial charge < -0.3 is 4.90 Å². The molecule has 96 valence electrons. The molecule has 1 amide bonds. The number of ketones is 1. The smallest absolute Gasteiger partial charge is 0.254 e. The number of pyridine rings is 1. The van der Waals surface area contributed by atoms with Crippen molar-refractivity contribution in [1.29, 1.82) is 0 Å². The SMILES string of the molecule is CC1(C)CN(C(=O)c2ccnc(Cl)c2)CCC1=O. The van der Waals surface area contributed by atoms with Crippen LogP contribution in [0.15, 0.2) is 18.3 Å². The number of Topliss-reactive ketones (excluding diaryl/α,β-unsaturated/α-hetero) is 1. The highest BCUT2D eigenvalue weighted by atomic mass is 35.5. The van der Waals surface area contributed by atoms with E-state index in [1.54, 1.807) is 17.0 Å². The molecule has 1 fully saturated rings. The Morgan fingerprint density at radius 3 is 2.83 bits per heavy atom. The van der Waals surface area contributed by atoms with Crippen LogP contribution in [0.2, 0.25) is 5.15 Å². The van der Waals surface area contributed by atoms with Crippen molar-refractivity contribution in [3.05, 3.63) is 29.0 Å². The normalized spacial score (nSPS) is 18.8. The van der Waals surface area contributed by atoms with Crippen LogP contribution in [0.4, 0.5) is 0 Å². The molecule has 1 saturated heterocycles. The third kappa shape index (κ3) is 2.53. The number of hydrogen-bond donors (Lipinski definition) is 0. The van der Waals surface area contributed by atoms with Crippen LogP contribution in [0.5, 0.6) is 0 Å². The first-order chi connectivity index (χ1) is 8.40. The van der Waals surface area contributed by atoms with E-state index < -0.39 is 5.41 Å². The summed E-state index contributed by atoms with van der Waals surface area (Å²) < 4.78 is 0. The zero-order chi connectivity index (χ0) is 13.3. The molecule has 0 unspecified atom stereocenters. The first-order valence-corrected chi connectivity index (χ1v) is 6.22. The third-order valence-corrected chi connectivity index (χ3v) is 3.42. The van der Waals surface area contributed by atoms with Crippen LogP contribution in [-0.4, -0.2) is 34.7 Å². The van der Waals surface area contributed by atoms with E-state index in [-0.39, 0.29) is 11.7 Å². The second kappa shape index (κ2) is 4.69. The van der Waals surface area contributed by atoms with Crippen molar-refractivity contribution >= 4 is 23.3 Å². The van der Waals surface area contributed by atoms with Crippen molar-refractivity contribution < 1.29 is 9.59 Å². The molecule has 1 aromatic heterocycles. The first-order valence-electron chi connectivity index (χ1n) is 5.84. The molecule has 0 spiro atoms. The van der Waals surface area contributed by atoms with Crippen LogP contribution in [0.25, 0.3) is 0 Å². The van der Waals surface area contributed by atoms with E-state index in [1.165, 1.54) is 6.20 Å². The Hall–Kier alpha value is -1.42. The Bertz CT molecular complexity index is 500. The average molecular weight is 267 g/mol. The van der Waals surface area contributed by atoms with E-state index in [9.17, 15) is 9.59 Å². The number of hydrogen-bond acceptors (Lipinski definition) is 3. The molecule has 0 radical (unpaired) electrons. The molecule has 5 heteroatoms. The molecular formula is C13H15ClN2O2. The molecule has 2 heterocycles. The van der Waals surface area contributed by atoms with E-state index in [4.69, 9.17) is 11.6 Å². The lowest BCUT2D eigenvalue weighted by Gasteiger charge is -2.36. The zero-order valence-electron chi connectivity index (χ0n) is 10.4. The molecule has 0 bridgehead atoms. The van der Waals surface area contributed by atoms with Crippen LogP contribution in [-0.2, 0) is 4.79 Å². The van der Waals surface area contributed by atoms with Gasteiger partial charge in [0.15, 0.2) is 0 Å². The predicted octanol–water partition coefficient (Wildman–Crippen LogP) is 2.18. The van der Waals surface area contributed by atoms with E-state index in [0.29, 0.717) is 30.2 Å². The molecule has 0 atom stereocenters. The Kier molecular flexibility index (Phi) is 3.39. The molecule has 0 aliphatic carbocycles. The number of likely N-dealkylation sites (tertiary alicyclic amines) is 1. The van der Waals surface area contributed by atoms with E-state index >= 15 is 0 Å². The number of amides is 1. The van der Waals surface area contributed by atoms with Crippen LogP contribution in [0.3, 0.4) is 0 Å². The molecule has 0 aromatic carbocycles. The minimum atomic E-state index is -0.468.